The number of ether oxygens (including phenoxy) is 1. The summed E-state index contributed by atoms with van der Waals surface area (Å²) in [5.41, 5.74) is 0.870. The zero-order valence-electron chi connectivity index (χ0n) is 19.5. The van der Waals surface area contributed by atoms with Crippen LogP contribution in [-0.2, 0) is 26.2 Å². The highest BCUT2D eigenvalue weighted by molar-refractivity contribution is 7.92. The molecule has 8 nitrogen and oxygen atoms in total. The van der Waals surface area contributed by atoms with Crippen LogP contribution in [0.25, 0.3) is 0 Å². The maximum absolute atomic E-state index is 13.4. The quantitative estimate of drug-likeness (QED) is 0.478. The number of benzene rings is 2. The molecule has 1 atom stereocenters. The third-order valence-corrected chi connectivity index (χ3v) is 6.84. The summed E-state index contributed by atoms with van der Waals surface area (Å²) < 4.78 is 31.2. The molecular weight excluding hydrogens is 501 g/mol. The molecule has 2 aromatic rings. The molecule has 11 heteroatoms. The molecule has 2 rings (SSSR count). The number of hydrogen-bond acceptors (Lipinski definition) is 5. The number of carbonyl (C=O) groups is 2. The first-order valence-electron chi connectivity index (χ1n) is 10.6. The number of hydrogen-bond donors (Lipinski definition) is 1. The highest BCUT2D eigenvalue weighted by Crippen LogP contribution is 2.25. The second-order valence-electron chi connectivity index (χ2n) is 7.69. The van der Waals surface area contributed by atoms with E-state index in [-0.39, 0.29) is 12.5 Å². The molecule has 34 heavy (non-hydrogen) atoms. The number of anilines is 1. The van der Waals surface area contributed by atoms with Crippen LogP contribution < -0.4 is 14.4 Å². The van der Waals surface area contributed by atoms with Crippen molar-refractivity contribution in [3.8, 4) is 5.75 Å². The smallest absolute Gasteiger partial charge is 0.244 e. The summed E-state index contributed by atoms with van der Waals surface area (Å²) in [4.78, 5) is 27.4. The van der Waals surface area contributed by atoms with Gasteiger partial charge in [-0.2, -0.15) is 0 Å². The van der Waals surface area contributed by atoms with E-state index in [2.05, 4.69) is 5.32 Å². The summed E-state index contributed by atoms with van der Waals surface area (Å²) in [6, 6.07) is 10.3. The molecule has 0 aromatic heterocycles. The molecule has 0 bridgehead atoms. The van der Waals surface area contributed by atoms with Crippen molar-refractivity contribution in [2.24, 2.45) is 0 Å². The minimum Gasteiger partial charge on any atom is -0.497 e. The number of carbonyl (C=O) groups excluding carboxylic acids is 2. The van der Waals surface area contributed by atoms with Gasteiger partial charge in [0.2, 0.25) is 21.8 Å². The zero-order valence-corrected chi connectivity index (χ0v) is 21.9. The minimum atomic E-state index is -3.81. The molecule has 2 amide bonds. The van der Waals surface area contributed by atoms with Gasteiger partial charge in [0.1, 0.15) is 18.3 Å². The van der Waals surface area contributed by atoms with Crippen molar-refractivity contribution in [1.82, 2.24) is 10.2 Å². The van der Waals surface area contributed by atoms with Gasteiger partial charge in [0, 0.05) is 23.1 Å². The summed E-state index contributed by atoms with van der Waals surface area (Å²) in [5.74, 6) is -0.370. The van der Waals surface area contributed by atoms with E-state index in [1.54, 1.807) is 49.4 Å². The van der Waals surface area contributed by atoms with E-state index in [1.165, 1.54) is 12.0 Å². The lowest BCUT2D eigenvalue weighted by molar-refractivity contribution is -0.139. The largest absolute Gasteiger partial charge is 0.497 e. The fourth-order valence-electron chi connectivity index (χ4n) is 3.17. The third-order valence-electron chi connectivity index (χ3n) is 5.11. The van der Waals surface area contributed by atoms with Gasteiger partial charge in [0.05, 0.1) is 19.1 Å². The van der Waals surface area contributed by atoms with Crippen molar-refractivity contribution in [2.45, 2.75) is 32.9 Å². The normalized spacial score (nSPS) is 12.1. The van der Waals surface area contributed by atoms with Crippen LogP contribution in [0.4, 0.5) is 5.69 Å². The second-order valence-corrected chi connectivity index (χ2v) is 10.4. The molecule has 0 radical (unpaired) electrons. The van der Waals surface area contributed by atoms with E-state index in [9.17, 15) is 18.0 Å². The SMILES string of the molecule is CCCNC(=O)[C@H](C)N(Cc1ccc(Cl)cc1Cl)C(=O)CN(c1ccc(OC)cc1)S(C)(=O)=O. The van der Waals surface area contributed by atoms with Crippen LogP contribution in [0.3, 0.4) is 0 Å². The number of nitrogens with zero attached hydrogens (tertiary/aromatic N) is 2. The first-order chi connectivity index (χ1) is 16.0. The minimum absolute atomic E-state index is 0.00420. The molecule has 0 unspecified atom stereocenters. The van der Waals surface area contributed by atoms with Crippen LogP contribution in [0, 0.1) is 0 Å². The van der Waals surface area contributed by atoms with Crippen molar-refractivity contribution in [3.05, 3.63) is 58.1 Å². The lowest BCUT2D eigenvalue weighted by Crippen LogP contribution is -2.51. The molecule has 0 aliphatic rings. The molecule has 0 fully saturated rings. The number of sulfonamides is 1. The van der Waals surface area contributed by atoms with E-state index < -0.39 is 28.5 Å². The topological polar surface area (TPSA) is 96.0 Å². The fraction of sp³-hybridized carbons (Fsp3) is 0.391. The van der Waals surface area contributed by atoms with E-state index in [4.69, 9.17) is 27.9 Å². The van der Waals surface area contributed by atoms with Gasteiger partial charge in [-0.05, 0) is 55.3 Å². The third kappa shape index (κ3) is 7.51. The lowest BCUT2D eigenvalue weighted by Gasteiger charge is -2.31. The Morgan fingerprint density at radius 3 is 2.29 bits per heavy atom. The van der Waals surface area contributed by atoms with Crippen LogP contribution in [-0.4, -0.2) is 57.6 Å². The molecule has 0 aliphatic carbocycles. The maximum Gasteiger partial charge on any atom is 0.244 e. The molecule has 0 saturated carbocycles. The van der Waals surface area contributed by atoms with E-state index in [0.717, 1.165) is 17.0 Å². The molecule has 0 aliphatic heterocycles. The Morgan fingerprint density at radius 1 is 1.12 bits per heavy atom. The Hall–Kier alpha value is -2.49. The Labute approximate surface area is 210 Å². The molecule has 2 aromatic carbocycles. The predicted molar refractivity (Wildman–Crippen MR) is 135 cm³/mol. The molecule has 1 N–H and O–H groups in total. The van der Waals surface area contributed by atoms with E-state index >= 15 is 0 Å². The number of rotatable bonds is 11. The van der Waals surface area contributed by atoms with Gasteiger partial charge >= 0.3 is 0 Å². The molecule has 0 saturated heterocycles. The number of methoxy groups -OCH3 is 1. The Kier molecular flexibility index (Phi) is 10.0. The highest BCUT2D eigenvalue weighted by atomic mass is 35.5. The van der Waals surface area contributed by atoms with Crippen molar-refractivity contribution in [3.63, 3.8) is 0 Å². The van der Waals surface area contributed by atoms with Crippen LogP contribution in [0.2, 0.25) is 10.0 Å². The molecule has 0 heterocycles. The van der Waals surface area contributed by atoms with Crippen LogP contribution in [0.15, 0.2) is 42.5 Å². The first kappa shape index (κ1) is 27.8. The van der Waals surface area contributed by atoms with Gasteiger partial charge < -0.3 is 15.0 Å². The number of nitrogens with one attached hydrogen (secondary N) is 1. The zero-order chi connectivity index (χ0) is 25.5. The predicted octanol–water partition coefficient (Wildman–Crippen LogP) is 3.71. The van der Waals surface area contributed by atoms with Crippen LogP contribution in [0.1, 0.15) is 25.8 Å². The summed E-state index contributed by atoms with van der Waals surface area (Å²) in [6.07, 6.45) is 1.75. The van der Waals surface area contributed by atoms with Crippen LogP contribution in [0.5, 0.6) is 5.75 Å². The van der Waals surface area contributed by atoms with Crippen molar-refractivity contribution >= 4 is 50.7 Å². The lowest BCUT2D eigenvalue weighted by atomic mass is 10.1. The van der Waals surface area contributed by atoms with Crippen LogP contribution >= 0.6 is 23.2 Å². The van der Waals surface area contributed by atoms with Gasteiger partial charge in [-0.3, -0.25) is 13.9 Å². The van der Waals surface area contributed by atoms with Gasteiger partial charge in [-0.15, -0.1) is 0 Å². The highest BCUT2D eigenvalue weighted by Gasteiger charge is 2.30. The first-order valence-corrected chi connectivity index (χ1v) is 13.2. The maximum atomic E-state index is 13.4. The molecule has 0 spiro atoms. The van der Waals surface area contributed by atoms with Crippen molar-refractivity contribution in [2.75, 3.05) is 30.8 Å². The average molecular weight is 530 g/mol. The van der Waals surface area contributed by atoms with Crippen molar-refractivity contribution in [1.29, 1.82) is 0 Å². The Balaban J connectivity index is 2.39. The van der Waals surface area contributed by atoms with E-state index in [1.807, 2.05) is 6.92 Å². The van der Waals surface area contributed by atoms with Gasteiger partial charge in [0.15, 0.2) is 0 Å². The van der Waals surface area contributed by atoms with Crippen molar-refractivity contribution < 1.29 is 22.7 Å². The Morgan fingerprint density at radius 2 is 1.76 bits per heavy atom. The van der Waals surface area contributed by atoms with E-state index in [0.29, 0.717) is 33.6 Å². The Bertz CT molecular complexity index is 1110. The summed E-state index contributed by atoms with van der Waals surface area (Å²) in [6.45, 7) is 3.46. The van der Waals surface area contributed by atoms with Gasteiger partial charge in [0.25, 0.3) is 0 Å². The number of amides is 2. The summed E-state index contributed by atoms with van der Waals surface area (Å²) in [5, 5.41) is 3.54. The standard InChI is InChI=1S/C23H29Cl2N3O5S/c1-5-12-26-23(30)16(2)27(14-17-6-7-18(24)13-21(17)25)22(29)15-28(34(4,31)32)19-8-10-20(33-3)11-9-19/h6-11,13,16H,5,12,14-15H2,1-4H3,(H,26,30)/t16-/m0/s1. The molecule has 186 valence electrons. The van der Waals surface area contributed by atoms with Gasteiger partial charge in [-0.1, -0.05) is 36.2 Å². The summed E-state index contributed by atoms with van der Waals surface area (Å²) >= 11 is 12.3. The molecular formula is C23H29Cl2N3O5S. The monoisotopic (exact) mass is 529 g/mol. The number of halogens is 2. The van der Waals surface area contributed by atoms with Gasteiger partial charge in [-0.25, -0.2) is 8.42 Å². The fourth-order valence-corrected chi connectivity index (χ4v) is 4.49. The average Bonchev–Trinajstić information content (AvgIpc) is 2.79. The second kappa shape index (κ2) is 12.3. The summed E-state index contributed by atoms with van der Waals surface area (Å²) in [7, 11) is -2.31.